The first-order valence-electron chi connectivity index (χ1n) is 7.06. The second kappa shape index (κ2) is 5.28. The molecule has 2 aliphatic rings. The number of benzene rings is 1. The van der Waals surface area contributed by atoms with E-state index in [0.717, 1.165) is 0 Å². The van der Waals surface area contributed by atoms with Gasteiger partial charge in [0.2, 0.25) is 11.8 Å². The lowest BCUT2D eigenvalue weighted by Crippen LogP contribution is -2.46. The monoisotopic (exact) mass is 322 g/mol. The van der Waals surface area contributed by atoms with Crippen LogP contribution in [0.15, 0.2) is 24.3 Å². The minimum Gasteiger partial charge on any atom is -0.480 e. The lowest BCUT2D eigenvalue weighted by molar-refractivity contribution is -0.149. The molecule has 0 bridgehead atoms. The van der Waals surface area contributed by atoms with Gasteiger partial charge < -0.3 is 15.3 Å². The summed E-state index contributed by atoms with van der Waals surface area (Å²) in [7, 11) is 0. The predicted octanol–water partition coefficient (Wildman–Crippen LogP) is 1.43. The summed E-state index contributed by atoms with van der Waals surface area (Å²) >= 11 is 6.09. The van der Waals surface area contributed by atoms with E-state index in [1.165, 1.54) is 4.90 Å². The largest absolute Gasteiger partial charge is 0.480 e. The second-order valence-corrected chi connectivity index (χ2v) is 6.05. The molecule has 22 heavy (non-hydrogen) atoms. The van der Waals surface area contributed by atoms with Crippen molar-refractivity contribution in [2.75, 3.05) is 11.4 Å². The van der Waals surface area contributed by atoms with Crippen molar-refractivity contribution < 1.29 is 19.5 Å². The fourth-order valence-corrected chi connectivity index (χ4v) is 2.92. The van der Waals surface area contributed by atoms with Crippen LogP contribution in [0.5, 0.6) is 0 Å². The van der Waals surface area contributed by atoms with E-state index in [0.29, 0.717) is 36.5 Å². The first kappa shape index (κ1) is 14.8. The van der Waals surface area contributed by atoms with Gasteiger partial charge in [-0.2, -0.15) is 0 Å². The average Bonchev–Trinajstić information content (AvgIpc) is 3.23. The molecule has 3 rings (SSSR count). The van der Waals surface area contributed by atoms with Crippen LogP contribution < -0.4 is 10.2 Å². The van der Waals surface area contributed by atoms with Crippen LogP contribution in [0.4, 0.5) is 5.69 Å². The fraction of sp³-hybridized carbons (Fsp3) is 0.400. The summed E-state index contributed by atoms with van der Waals surface area (Å²) in [6.07, 6.45) is 1.08. The smallest absolute Gasteiger partial charge is 0.319 e. The minimum atomic E-state index is -1.34. The van der Waals surface area contributed by atoms with Crippen LogP contribution in [0, 0.1) is 5.41 Å². The summed E-state index contributed by atoms with van der Waals surface area (Å²) in [4.78, 5) is 37.2. The number of nitrogens with zero attached hydrogens (tertiary/aromatic N) is 1. The standard InChI is InChI=1S/C15H15ClN2O4/c16-9-3-1-2-4-11(9)18-8-5-10(12(18)19)17-13(20)15(6-7-15)14(21)22/h1-4,10H,5-8H2,(H,17,20)(H,21,22)/t10-/m0/s1. The average molecular weight is 323 g/mol. The Morgan fingerprint density at radius 3 is 2.59 bits per heavy atom. The van der Waals surface area contributed by atoms with Gasteiger partial charge in [-0.1, -0.05) is 23.7 Å². The van der Waals surface area contributed by atoms with E-state index in [1.54, 1.807) is 24.3 Å². The molecule has 0 radical (unpaired) electrons. The molecule has 7 heteroatoms. The molecule has 6 nitrogen and oxygen atoms in total. The van der Waals surface area contributed by atoms with Gasteiger partial charge in [0, 0.05) is 6.54 Å². The van der Waals surface area contributed by atoms with Crippen LogP contribution in [-0.4, -0.2) is 35.5 Å². The molecule has 0 aromatic heterocycles. The van der Waals surface area contributed by atoms with E-state index in [-0.39, 0.29) is 5.91 Å². The number of carboxylic acids is 1. The van der Waals surface area contributed by atoms with Crippen LogP contribution in [0.2, 0.25) is 5.02 Å². The molecule has 2 N–H and O–H groups in total. The molecule has 1 aliphatic carbocycles. The van der Waals surface area contributed by atoms with Gasteiger partial charge in [-0.05, 0) is 31.4 Å². The highest BCUT2D eigenvalue weighted by Gasteiger charge is 2.57. The maximum atomic E-state index is 12.4. The molecule has 1 atom stereocenters. The number of hydrogen-bond donors (Lipinski definition) is 2. The van der Waals surface area contributed by atoms with Crippen molar-refractivity contribution in [2.45, 2.75) is 25.3 Å². The van der Waals surface area contributed by atoms with Gasteiger partial charge in [0.15, 0.2) is 0 Å². The van der Waals surface area contributed by atoms with Gasteiger partial charge in [-0.25, -0.2) is 0 Å². The summed E-state index contributed by atoms with van der Waals surface area (Å²) in [6.45, 7) is 0.438. The van der Waals surface area contributed by atoms with E-state index in [9.17, 15) is 14.4 Å². The zero-order valence-corrected chi connectivity index (χ0v) is 12.5. The number of carbonyl (C=O) groups excluding carboxylic acids is 2. The third-order valence-corrected chi connectivity index (χ3v) is 4.57. The zero-order chi connectivity index (χ0) is 15.9. The number of amides is 2. The van der Waals surface area contributed by atoms with E-state index < -0.39 is 23.3 Å². The van der Waals surface area contributed by atoms with Crippen LogP contribution in [0.25, 0.3) is 0 Å². The normalized spacial score (nSPS) is 22.5. The van der Waals surface area contributed by atoms with Crippen molar-refractivity contribution in [1.29, 1.82) is 0 Å². The number of hydrogen-bond acceptors (Lipinski definition) is 3. The number of para-hydroxylation sites is 1. The second-order valence-electron chi connectivity index (χ2n) is 5.64. The van der Waals surface area contributed by atoms with Crippen LogP contribution >= 0.6 is 11.6 Å². The molecule has 1 heterocycles. The summed E-state index contributed by atoms with van der Waals surface area (Å²) in [5, 5.41) is 12.1. The highest BCUT2D eigenvalue weighted by molar-refractivity contribution is 6.34. The van der Waals surface area contributed by atoms with E-state index in [4.69, 9.17) is 16.7 Å². The highest BCUT2D eigenvalue weighted by Crippen LogP contribution is 2.46. The Morgan fingerprint density at radius 1 is 1.32 bits per heavy atom. The van der Waals surface area contributed by atoms with Gasteiger partial charge in [0.05, 0.1) is 10.7 Å². The van der Waals surface area contributed by atoms with Crippen molar-refractivity contribution in [3.8, 4) is 0 Å². The Bertz CT molecular complexity index is 657. The molecule has 0 spiro atoms. The number of aliphatic carboxylic acids is 1. The summed E-state index contributed by atoms with van der Waals surface area (Å²) in [6, 6.07) is 6.30. The first-order chi connectivity index (χ1) is 10.5. The van der Waals surface area contributed by atoms with Gasteiger partial charge in [0.1, 0.15) is 11.5 Å². The number of carboxylic acid groups (broad SMARTS) is 1. The Balaban J connectivity index is 1.71. The van der Waals surface area contributed by atoms with Crippen molar-refractivity contribution in [3.63, 3.8) is 0 Å². The Labute approximate surface area is 132 Å². The topological polar surface area (TPSA) is 86.7 Å². The molecule has 1 saturated carbocycles. The number of anilines is 1. The van der Waals surface area contributed by atoms with Crippen LogP contribution in [0.1, 0.15) is 19.3 Å². The third-order valence-electron chi connectivity index (χ3n) is 4.25. The third kappa shape index (κ3) is 2.33. The molecule has 116 valence electrons. The van der Waals surface area contributed by atoms with Crippen molar-refractivity contribution in [1.82, 2.24) is 5.32 Å². The van der Waals surface area contributed by atoms with E-state index in [1.807, 2.05) is 0 Å². The maximum absolute atomic E-state index is 12.4. The minimum absolute atomic E-state index is 0.261. The Morgan fingerprint density at radius 2 is 2.00 bits per heavy atom. The molecular formula is C15H15ClN2O4. The zero-order valence-electron chi connectivity index (χ0n) is 11.7. The molecule has 2 amide bonds. The quantitative estimate of drug-likeness (QED) is 0.821. The fourth-order valence-electron chi connectivity index (χ4n) is 2.68. The molecular weight excluding hydrogens is 308 g/mol. The highest BCUT2D eigenvalue weighted by atomic mass is 35.5. The molecule has 2 fully saturated rings. The summed E-state index contributed by atoms with van der Waals surface area (Å²) < 4.78 is 0. The first-order valence-corrected chi connectivity index (χ1v) is 7.44. The maximum Gasteiger partial charge on any atom is 0.319 e. The molecule has 1 aliphatic heterocycles. The Kier molecular flexibility index (Phi) is 3.56. The van der Waals surface area contributed by atoms with Gasteiger partial charge in [-0.15, -0.1) is 0 Å². The predicted molar refractivity (Wildman–Crippen MR) is 79.7 cm³/mol. The summed E-state index contributed by atoms with van der Waals surface area (Å²) in [5.74, 6) is -1.96. The van der Waals surface area contributed by atoms with Crippen LogP contribution in [0.3, 0.4) is 0 Å². The van der Waals surface area contributed by atoms with Gasteiger partial charge in [-0.3, -0.25) is 14.4 Å². The number of halogens is 1. The number of nitrogens with one attached hydrogen (secondary N) is 1. The SMILES string of the molecule is O=C1[C@@H](NC(=O)C2(C(=O)O)CC2)CCN1c1ccccc1Cl. The lowest BCUT2D eigenvalue weighted by atomic mass is 10.1. The van der Waals surface area contributed by atoms with E-state index in [2.05, 4.69) is 5.32 Å². The molecule has 0 unspecified atom stereocenters. The van der Waals surface area contributed by atoms with Crippen molar-refractivity contribution in [2.24, 2.45) is 5.41 Å². The van der Waals surface area contributed by atoms with Crippen LogP contribution in [-0.2, 0) is 14.4 Å². The van der Waals surface area contributed by atoms with E-state index >= 15 is 0 Å². The molecule has 1 aromatic carbocycles. The van der Waals surface area contributed by atoms with Gasteiger partial charge in [0.25, 0.3) is 0 Å². The Hall–Kier alpha value is -2.08. The molecule has 1 saturated heterocycles. The number of carbonyl (C=O) groups is 3. The summed E-state index contributed by atoms with van der Waals surface area (Å²) in [5.41, 5.74) is -0.733. The van der Waals surface area contributed by atoms with Crippen molar-refractivity contribution >= 4 is 35.1 Å². The number of rotatable bonds is 4. The van der Waals surface area contributed by atoms with Crippen molar-refractivity contribution in [3.05, 3.63) is 29.3 Å². The lowest BCUT2D eigenvalue weighted by Gasteiger charge is -2.19. The molecule has 1 aromatic rings. The van der Waals surface area contributed by atoms with Gasteiger partial charge >= 0.3 is 5.97 Å².